The van der Waals surface area contributed by atoms with Crippen LogP contribution in [0.15, 0.2) is 0 Å². The lowest BCUT2D eigenvalue weighted by Crippen LogP contribution is -2.54. The lowest BCUT2D eigenvalue weighted by atomic mass is 9.97. The average molecular weight is 275 g/mol. The molecule has 18 heavy (non-hydrogen) atoms. The Morgan fingerprint density at radius 1 is 1.22 bits per heavy atom. The topological polar surface area (TPSA) is 29.5 Å². The molecule has 0 bridgehead atoms. The summed E-state index contributed by atoms with van der Waals surface area (Å²) >= 11 is 0. The fraction of sp³-hybridized carbons (Fsp3) is 0.900. The van der Waals surface area contributed by atoms with E-state index in [9.17, 15) is 26.7 Å². The van der Waals surface area contributed by atoms with Gasteiger partial charge in [-0.1, -0.05) is 0 Å². The summed E-state index contributed by atoms with van der Waals surface area (Å²) in [6.07, 6.45) is -5.10. The standard InChI is InChI=1S/C10H14F5NO2/c1-18-6-7-2-4-16(5-3-7)8(17)9(11,12)10(13,14)15/h7H,2-6H2,1H3. The van der Waals surface area contributed by atoms with Gasteiger partial charge in [-0.15, -0.1) is 0 Å². The summed E-state index contributed by atoms with van der Waals surface area (Å²) in [6, 6.07) is 0. The van der Waals surface area contributed by atoms with Gasteiger partial charge in [0.2, 0.25) is 0 Å². The minimum atomic E-state index is -5.84. The number of hydrogen-bond donors (Lipinski definition) is 0. The van der Waals surface area contributed by atoms with Crippen molar-refractivity contribution in [3.63, 3.8) is 0 Å². The average Bonchev–Trinajstić information content (AvgIpc) is 2.28. The molecule has 1 heterocycles. The van der Waals surface area contributed by atoms with Crippen molar-refractivity contribution in [1.82, 2.24) is 4.90 Å². The van der Waals surface area contributed by atoms with Crippen molar-refractivity contribution in [2.24, 2.45) is 5.92 Å². The first kappa shape index (κ1) is 15.1. The van der Waals surface area contributed by atoms with E-state index in [1.54, 1.807) is 0 Å². The molecule has 0 atom stereocenters. The Bertz CT molecular complexity index is 297. The van der Waals surface area contributed by atoms with E-state index in [0.29, 0.717) is 24.3 Å². The predicted molar refractivity (Wildman–Crippen MR) is 52.2 cm³/mol. The molecule has 106 valence electrons. The first-order valence-electron chi connectivity index (χ1n) is 5.43. The fourth-order valence-corrected chi connectivity index (χ4v) is 1.86. The molecule has 0 aliphatic carbocycles. The van der Waals surface area contributed by atoms with Gasteiger partial charge in [-0.05, 0) is 18.8 Å². The molecule has 1 saturated heterocycles. The van der Waals surface area contributed by atoms with Crippen LogP contribution in [0.3, 0.4) is 0 Å². The Morgan fingerprint density at radius 3 is 2.11 bits per heavy atom. The number of halogens is 5. The summed E-state index contributed by atoms with van der Waals surface area (Å²) in [7, 11) is 1.48. The zero-order valence-electron chi connectivity index (χ0n) is 9.77. The minimum Gasteiger partial charge on any atom is -0.384 e. The van der Waals surface area contributed by atoms with Gasteiger partial charge in [0.25, 0.3) is 0 Å². The molecule has 0 spiro atoms. The van der Waals surface area contributed by atoms with Crippen LogP contribution in [0.2, 0.25) is 0 Å². The van der Waals surface area contributed by atoms with Crippen molar-refractivity contribution in [3.05, 3.63) is 0 Å². The van der Waals surface area contributed by atoms with Gasteiger partial charge in [-0.3, -0.25) is 4.79 Å². The van der Waals surface area contributed by atoms with Crippen LogP contribution >= 0.6 is 0 Å². The molecule has 8 heteroatoms. The van der Waals surface area contributed by atoms with E-state index < -0.39 is 18.0 Å². The van der Waals surface area contributed by atoms with E-state index in [-0.39, 0.29) is 19.0 Å². The van der Waals surface area contributed by atoms with Gasteiger partial charge in [-0.2, -0.15) is 22.0 Å². The van der Waals surface area contributed by atoms with E-state index in [1.165, 1.54) is 7.11 Å². The lowest BCUT2D eigenvalue weighted by Gasteiger charge is -2.34. The Kier molecular flexibility index (Phi) is 4.52. The Morgan fingerprint density at radius 2 is 1.72 bits per heavy atom. The van der Waals surface area contributed by atoms with Crippen molar-refractivity contribution in [2.45, 2.75) is 24.9 Å². The molecule has 1 amide bonds. The smallest absolute Gasteiger partial charge is 0.384 e. The number of likely N-dealkylation sites (tertiary alicyclic amines) is 1. The Balaban J connectivity index is 2.60. The van der Waals surface area contributed by atoms with Crippen molar-refractivity contribution in [2.75, 3.05) is 26.8 Å². The maximum absolute atomic E-state index is 12.8. The molecule has 1 aliphatic rings. The van der Waals surface area contributed by atoms with Gasteiger partial charge in [0, 0.05) is 26.8 Å². The van der Waals surface area contributed by atoms with E-state index in [2.05, 4.69) is 0 Å². The van der Waals surface area contributed by atoms with Crippen LogP contribution in [0.4, 0.5) is 22.0 Å². The number of carbonyl (C=O) groups is 1. The number of rotatable bonds is 3. The van der Waals surface area contributed by atoms with Crippen LogP contribution in [0, 0.1) is 5.92 Å². The molecule has 1 fully saturated rings. The molecule has 0 aromatic rings. The van der Waals surface area contributed by atoms with Gasteiger partial charge < -0.3 is 9.64 Å². The van der Waals surface area contributed by atoms with Crippen LogP contribution in [-0.4, -0.2) is 49.7 Å². The number of amides is 1. The van der Waals surface area contributed by atoms with Crippen LogP contribution in [0.1, 0.15) is 12.8 Å². The van der Waals surface area contributed by atoms with Crippen LogP contribution in [0.5, 0.6) is 0 Å². The summed E-state index contributed by atoms with van der Waals surface area (Å²) in [5, 5.41) is 0. The van der Waals surface area contributed by atoms with E-state index >= 15 is 0 Å². The summed E-state index contributed by atoms with van der Waals surface area (Å²) in [5.74, 6) is -7.37. The van der Waals surface area contributed by atoms with Gasteiger partial charge in [0.05, 0.1) is 0 Å². The Hall–Kier alpha value is -0.920. The summed E-state index contributed by atoms with van der Waals surface area (Å²) in [6.45, 7) is 0.217. The quantitative estimate of drug-likeness (QED) is 0.738. The number of hydrogen-bond acceptors (Lipinski definition) is 2. The van der Waals surface area contributed by atoms with Gasteiger partial charge >= 0.3 is 18.0 Å². The molecule has 0 unspecified atom stereocenters. The third-order valence-electron chi connectivity index (χ3n) is 2.93. The number of piperidine rings is 1. The first-order chi connectivity index (χ1) is 8.20. The predicted octanol–water partition coefficient (Wildman–Crippen LogP) is 2.07. The molecule has 0 aromatic heterocycles. The summed E-state index contributed by atoms with van der Waals surface area (Å²) in [5.41, 5.74) is 0. The normalized spacial score (nSPS) is 19.1. The lowest BCUT2D eigenvalue weighted by molar-refractivity contribution is -0.274. The van der Waals surface area contributed by atoms with Crippen LogP contribution < -0.4 is 0 Å². The maximum Gasteiger partial charge on any atom is 0.463 e. The van der Waals surface area contributed by atoms with Gasteiger partial charge in [0.15, 0.2) is 0 Å². The summed E-state index contributed by atoms with van der Waals surface area (Å²) < 4.78 is 66.5. The summed E-state index contributed by atoms with van der Waals surface area (Å²) in [4.78, 5) is 11.7. The second kappa shape index (κ2) is 5.38. The van der Waals surface area contributed by atoms with Gasteiger partial charge in [-0.25, -0.2) is 0 Å². The highest BCUT2D eigenvalue weighted by Gasteiger charge is 2.64. The first-order valence-corrected chi connectivity index (χ1v) is 5.43. The Labute approximate surface area is 101 Å². The molecule has 0 saturated carbocycles. The SMILES string of the molecule is COCC1CCN(C(=O)C(F)(F)C(F)(F)F)CC1. The molecule has 0 radical (unpaired) electrons. The second-order valence-electron chi connectivity index (χ2n) is 4.26. The van der Waals surface area contributed by atoms with E-state index in [0.717, 1.165) is 0 Å². The van der Waals surface area contributed by atoms with E-state index in [4.69, 9.17) is 4.74 Å². The molecular formula is C10H14F5NO2. The number of methoxy groups -OCH3 is 1. The second-order valence-corrected chi connectivity index (χ2v) is 4.26. The molecule has 1 rings (SSSR count). The maximum atomic E-state index is 12.8. The third-order valence-corrected chi connectivity index (χ3v) is 2.93. The zero-order chi connectivity index (χ0) is 14.0. The number of ether oxygens (including phenoxy) is 1. The molecule has 3 nitrogen and oxygen atoms in total. The molecular weight excluding hydrogens is 261 g/mol. The number of nitrogens with zero attached hydrogens (tertiary/aromatic N) is 1. The zero-order valence-corrected chi connectivity index (χ0v) is 9.77. The number of alkyl halides is 5. The monoisotopic (exact) mass is 275 g/mol. The minimum absolute atomic E-state index is 0.0959. The van der Waals surface area contributed by atoms with E-state index in [1.807, 2.05) is 0 Å². The molecule has 0 N–H and O–H groups in total. The fourth-order valence-electron chi connectivity index (χ4n) is 1.86. The van der Waals surface area contributed by atoms with Gasteiger partial charge in [0.1, 0.15) is 0 Å². The highest BCUT2D eigenvalue weighted by atomic mass is 19.4. The highest BCUT2D eigenvalue weighted by molar-refractivity contribution is 5.84. The van der Waals surface area contributed by atoms with Crippen LogP contribution in [-0.2, 0) is 9.53 Å². The third kappa shape index (κ3) is 3.09. The molecule has 1 aliphatic heterocycles. The number of carbonyl (C=O) groups excluding carboxylic acids is 1. The van der Waals surface area contributed by atoms with Crippen LogP contribution in [0.25, 0.3) is 0 Å². The van der Waals surface area contributed by atoms with Crippen molar-refractivity contribution in [3.8, 4) is 0 Å². The largest absolute Gasteiger partial charge is 0.463 e. The van der Waals surface area contributed by atoms with Crippen molar-refractivity contribution >= 4 is 5.91 Å². The highest BCUT2D eigenvalue weighted by Crippen LogP contribution is 2.37. The molecule has 0 aromatic carbocycles. The van der Waals surface area contributed by atoms with Crippen molar-refractivity contribution in [1.29, 1.82) is 0 Å². The van der Waals surface area contributed by atoms with Crippen molar-refractivity contribution < 1.29 is 31.5 Å².